The van der Waals surface area contributed by atoms with Crippen molar-refractivity contribution >= 4 is 62.3 Å². The Bertz CT molecular complexity index is 621. The Morgan fingerprint density at radius 3 is 2.42 bits per heavy atom. The Balaban J connectivity index is 2.16. The molecule has 1 aromatic heterocycles. The summed E-state index contributed by atoms with van der Waals surface area (Å²) in [5.41, 5.74) is 0.709. The molecule has 0 aliphatic carbocycles. The molecule has 0 aliphatic heterocycles. The first-order valence-electron chi connectivity index (χ1n) is 5.04. The lowest BCUT2D eigenvalue weighted by atomic mass is 10.3. The first kappa shape index (κ1) is 15.2. The molecule has 0 amide bonds. The number of nitrogens with zero attached hydrogens (tertiary/aromatic N) is 1. The zero-order valence-electron chi connectivity index (χ0n) is 9.26. The second-order valence-corrected chi connectivity index (χ2v) is 6.05. The van der Waals surface area contributed by atoms with Crippen LogP contribution in [0.1, 0.15) is 5.56 Å². The van der Waals surface area contributed by atoms with E-state index in [9.17, 15) is 0 Å². The Morgan fingerprint density at radius 2 is 1.74 bits per heavy atom. The highest BCUT2D eigenvalue weighted by atomic mass is 79.9. The van der Waals surface area contributed by atoms with Crippen LogP contribution < -0.4 is 4.74 Å². The molecule has 100 valence electrons. The molecular formula is C12H6BrCl4NO. The van der Waals surface area contributed by atoms with Crippen LogP contribution in [-0.4, -0.2) is 4.98 Å². The van der Waals surface area contributed by atoms with E-state index >= 15 is 0 Å². The van der Waals surface area contributed by atoms with E-state index in [1.54, 1.807) is 24.4 Å². The normalized spacial score (nSPS) is 10.6. The number of hydrogen-bond acceptors (Lipinski definition) is 2. The summed E-state index contributed by atoms with van der Waals surface area (Å²) in [6, 6.07) is 4.85. The molecule has 1 heterocycles. The minimum absolute atomic E-state index is 0.223. The van der Waals surface area contributed by atoms with Gasteiger partial charge in [-0.1, -0.05) is 46.4 Å². The average molecular weight is 402 g/mol. The maximum Gasteiger partial charge on any atom is 0.139 e. The van der Waals surface area contributed by atoms with Crippen LogP contribution in [-0.2, 0) is 6.61 Å². The summed E-state index contributed by atoms with van der Waals surface area (Å²) >= 11 is 27.0. The fraction of sp³-hybridized carbons (Fsp3) is 0.0833. The highest BCUT2D eigenvalue weighted by Gasteiger charge is 2.09. The first-order chi connectivity index (χ1) is 8.97. The monoisotopic (exact) mass is 399 g/mol. The van der Waals surface area contributed by atoms with Crippen molar-refractivity contribution in [3.63, 3.8) is 0 Å². The molecule has 0 unspecified atom stereocenters. The van der Waals surface area contributed by atoms with Crippen LogP contribution in [0.4, 0.5) is 0 Å². The third-order valence-electron chi connectivity index (χ3n) is 2.25. The molecule has 0 aliphatic rings. The molecule has 0 spiro atoms. The van der Waals surface area contributed by atoms with Crippen molar-refractivity contribution in [2.24, 2.45) is 0 Å². The number of benzene rings is 1. The van der Waals surface area contributed by atoms with Gasteiger partial charge in [0.2, 0.25) is 0 Å². The Labute approximate surface area is 138 Å². The van der Waals surface area contributed by atoms with Gasteiger partial charge in [-0.2, -0.15) is 0 Å². The van der Waals surface area contributed by atoms with Crippen molar-refractivity contribution < 1.29 is 4.74 Å². The van der Waals surface area contributed by atoms with Gasteiger partial charge < -0.3 is 4.74 Å². The number of halogens is 5. The average Bonchev–Trinajstić information content (AvgIpc) is 2.34. The number of pyridine rings is 1. The van der Waals surface area contributed by atoms with Crippen molar-refractivity contribution in [1.82, 2.24) is 4.98 Å². The van der Waals surface area contributed by atoms with Gasteiger partial charge in [-0.05, 0) is 28.1 Å². The minimum Gasteiger partial charge on any atom is -0.487 e. The van der Waals surface area contributed by atoms with Gasteiger partial charge in [0.15, 0.2) is 0 Å². The summed E-state index contributed by atoms with van der Waals surface area (Å²) in [4.78, 5) is 3.94. The smallest absolute Gasteiger partial charge is 0.139 e. The van der Waals surface area contributed by atoms with Crippen LogP contribution in [0.15, 0.2) is 28.9 Å². The Morgan fingerprint density at radius 1 is 1.00 bits per heavy atom. The number of rotatable bonds is 3. The summed E-state index contributed by atoms with van der Waals surface area (Å²) in [6.07, 6.45) is 1.55. The minimum atomic E-state index is 0.223. The summed E-state index contributed by atoms with van der Waals surface area (Å²) in [5.74, 6) is 0.473. The lowest BCUT2D eigenvalue weighted by Crippen LogP contribution is -1.98. The molecule has 2 rings (SSSR count). The number of aromatic nitrogens is 1. The zero-order chi connectivity index (χ0) is 14.0. The Kier molecular flexibility index (Phi) is 5.21. The van der Waals surface area contributed by atoms with E-state index < -0.39 is 0 Å². The van der Waals surface area contributed by atoms with Crippen LogP contribution in [0, 0.1) is 0 Å². The van der Waals surface area contributed by atoms with Crippen LogP contribution >= 0.6 is 62.3 Å². The van der Waals surface area contributed by atoms with Crippen molar-refractivity contribution in [1.29, 1.82) is 0 Å². The molecular weight excluding hydrogens is 396 g/mol. The van der Waals surface area contributed by atoms with E-state index in [1.165, 1.54) is 0 Å². The Hall–Kier alpha value is -0.190. The van der Waals surface area contributed by atoms with Crippen molar-refractivity contribution in [2.45, 2.75) is 6.61 Å². The van der Waals surface area contributed by atoms with Gasteiger partial charge in [0.05, 0.1) is 15.1 Å². The van der Waals surface area contributed by atoms with Gasteiger partial charge in [0.25, 0.3) is 0 Å². The molecule has 0 N–H and O–H groups in total. The topological polar surface area (TPSA) is 22.1 Å². The van der Waals surface area contributed by atoms with Crippen molar-refractivity contribution in [3.8, 4) is 5.75 Å². The standard InChI is InChI=1S/C12H6BrCl4NO/c13-7-1-10(16)11(2-9(7)15)19-5-6-4-18-12(17)3-8(6)14/h1-4H,5H2. The summed E-state index contributed by atoms with van der Waals surface area (Å²) in [5, 5.41) is 1.78. The highest BCUT2D eigenvalue weighted by Crippen LogP contribution is 2.34. The van der Waals surface area contributed by atoms with E-state index in [4.69, 9.17) is 51.1 Å². The van der Waals surface area contributed by atoms with E-state index in [1.807, 2.05) is 0 Å². The second-order valence-electron chi connectivity index (χ2n) is 3.58. The van der Waals surface area contributed by atoms with Crippen LogP contribution in [0.5, 0.6) is 5.75 Å². The third kappa shape index (κ3) is 3.89. The molecule has 0 radical (unpaired) electrons. The van der Waals surface area contributed by atoms with Gasteiger partial charge >= 0.3 is 0 Å². The summed E-state index contributed by atoms with van der Waals surface area (Å²) < 4.78 is 6.28. The quantitative estimate of drug-likeness (QED) is 0.462. The molecule has 1 aromatic carbocycles. The van der Waals surface area contributed by atoms with Gasteiger partial charge in [-0.25, -0.2) is 4.98 Å². The van der Waals surface area contributed by atoms with Gasteiger partial charge in [0, 0.05) is 22.3 Å². The maximum absolute atomic E-state index is 6.05. The maximum atomic E-state index is 6.05. The van der Waals surface area contributed by atoms with Gasteiger partial charge in [-0.15, -0.1) is 0 Å². The van der Waals surface area contributed by atoms with E-state index in [-0.39, 0.29) is 6.61 Å². The molecule has 0 saturated carbocycles. The van der Waals surface area contributed by atoms with E-state index in [0.29, 0.717) is 36.0 Å². The number of hydrogen-bond donors (Lipinski definition) is 0. The molecule has 7 heteroatoms. The molecule has 0 fully saturated rings. The van der Waals surface area contributed by atoms with Gasteiger partial charge in [0.1, 0.15) is 17.5 Å². The molecule has 0 bridgehead atoms. The molecule has 19 heavy (non-hydrogen) atoms. The first-order valence-corrected chi connectivity index (χ1v) is 7.35. The third-order valence-corrected chi connectivity index (χ3v) is 4.31. The fourth-order valence-corrected chi connectivity index (χ4v) is 2.58. The van der Waals surface area contributed by atoms with Crippen LogP contribution in [0.25, 0.3) is 0 Å². The predicted molar refractivity (Wildman–Crippen MR) is 82.8 cm³/mol. The zero-order valence-corrected chi connectivity index (χ0v) is 13.9. The summed E-state index contributed by atoms with van der Waals surface area (Å²) in [7, 11) is 0. The van der Waals surface area contributed by atoms with Crippen molar-refractivity contribution in [3.05, 3.63) is 54.7 Å². The van der Waals surface area contributed by atoms with Gasteiger partial charge in [-0.3, -0.25) is 0 Å². The van der Waals surface area contributed by atoms with Crippen molar-refractivity contribution in [2.75, 3.05) is 0 Å². The lowest BCUT2D eigenvalue weighted by molar-refractivity contribution is 0.306. The lowest BCUT2D eigenvalue weighted by Gasteiger charge is -2.10. The van der Waals surface area contributed by atoms with Crippen LogP contribution in [0.3, 0.4) is 0 Å². The molecule has 2 aromatic rings. The number of ether oxygens (including phenoxy) is 1. The molecule has 0 saturated heterocycles. The molecule has 0 atom stereocenters. The van der Waals surface area contributed by atoms with E-state index in [0.717, 1.165) is 0 Å². The molecule has 2 nitrogen and oxygen atoms in total. The highest BCUT2D eigenvalue weighted by molar-refractivity contribution is 9.10. The van der Waals surface area contributed by atoms with E-state index in [2.05, 4.69) is 20.9 Å². The predicted octanol–water partition coefficient (Wildman–Crippen LogP) is 6.04. The summed E-state index contributed by atoms with van der Waals surface area (Å²) in [6.45, 7) is 0.223. The largest absolute Gasteiger partial charge is 0.487 e. The van der Waals surface area contributed by atoms with Crippen LogP contribution in [0.2, 0.25) is 20.2 Å². The fourth-order valence-electron chi connectivity index (χ4n) is 1.31. The SMILES string of the molecule is Clc1cc(Cl)c(COc2cc(Cl)c(Br)cc2Cl)cn1. The second kappa shape index (κ2) is 6.51.